The second-order valence-corrected chi connectivity index (χ2v) is 4.96. The highest BCUT2D eigenvalue weighted by Crippen LogP contribution is 2.17. The molecule has 0 bridgehead atoms. The average Bonchev–Trinajstić information content (AvgIpc) is 2.40. The Morgan fingerprint density at radius 1 is 1.44 bits per heavy atom. The van der Waals surface area contributed by atoms with Gasteiger partial charge in [-0.1, -0.05) is 0 Å². The van der Waals surface area contributed by atoms with Crippen LogP contribution in [0.1, 0.15) is 19.3 Å². The molecule has 1 atom stereocenters. The Labute approximate surface area is 109 Å². The Hall–Kier alpha value is -1.36. The SMILES string of the molecule is CN(C)c1cncc(NCCC2CCCOC2)n1. The number of hydrogen-bond acceptors (Lipinski definition) is 5. The summed E-state index contributed by atoms with van der Waals surface area (Å²) in [5, 5.41) is 3.33. The molecule has 0 saturated carbocycles. The van der Waals surface area contributed by atoms with E-state index in [-0.39, 0.29) is 0 Å². The Morgan fingerprint density at radius 3 is 3.06 bits per heavy atom. The van der Waals surface area contributed by atoms with Crippen LogP contribution in [0.3, 0.4) is 0 Å². The lowest BCUT2D eigenvalue weighted by atomic mass is 9.99. The van der Waals surface area contributed by atoms with Gasteiger partial charge in [0.25, 0.3) is 0 Å². The van der Waals surface area contributed by atoms with E-state index in [9.17, 15) is 0 Å². The van der Waals surface area contributed by atoms with E-state index < -0.39 is 0 Å². The molecule has 1 aliphatic rings. The Balaban J connectivity index is 1.77. The van der Waals surface area contributed by atoms with Crippen LogP contribution in [0, 0.1) is 5.92 Å². The van der Waals surface area contributed by atoms with Crippen LogP contribution in [0.2, 0.25) is 0 Å². The molecule has 18 heavy (non-hydrogen) atoms. The third-order valence-electron chi connectivity index (χ3n) is 3.19. The lowest BCUT2D eigenvalue weighted by molar-refractivity contribution is 0.0530. The molecule has 100 valence electrons. The first-order chi connectivity index (χ1) is 8.75. The molecule has 1 fully saturated rings. The van der Waals surface area contributed by atoms with Gasteiger partial charge in [0.15, 0.2) is 0 Å². The molecular formula is C13H22N4O. The molecule has 1 unspecified atom stereocenters. The number of aromatic nitrogens is 2. The fraction of sp³-hybridized carbons (Fsp3) is 0.692. The zero-order valence-corrected chi connectivity index (χ0v) is 11.2. The molecule has 1 N–H and O–H groups in total. The predicted molar refractivity (Wildman–Crippen MR) is 73.0 cm³/mol. The predicted octanol–water partition coefficient (Wildman–Crippen LogP) is 1.77. The highest BCUT2D eigenvalue weighted by molar-refractivity contribution is 5.42. The zero-order chi connectivity index (χ0) is 12.8. The van der Waals surface area contributed by atoms with Crippen molar-refractivity contribution in [3.05, 3.63) is 12.4 Å². The van der Waals surface area contributed by atoms with Crippen LogP contribution in [0.4, 0.5) is 11.6 Å². The molecule has 0 aromatic carbocycles. The van der Waals surface area contributed by atoms with Crippen LogP contribution in [0.15, 0.2) is 12.4 Å². The molecule has 5 heteroatoms. The summed E-state index contributed by atoms with van der Waals surface area (Å²) in [5.74, 6) is 2.41. The topological polar surface area (TPSA) is 50.3 Å². The van der Waals surface area contributed by atoms with Crippen LogP contribution < -0.4 is 10.2 Å². The van der Waals surface area contributed by atoms with Gasteiger partial charge in [-0.3, -0.25) is 4.98 Å². The molecule has 1 saturated heterocycles. The van der Waals surface area contributed by atoms with Crippen LogP contribution in [-0.4, -0.2) is 43.8 Å². The van der Waals surface area contributed by atoms with Gasteiger partial charge < -0.3 is 15.0 Å². The minimum atomic E-state index is 0.691. The van der Waals surface area contributed by atoms with Gasteiger partial charge in [-0.15, -0.1) is 0 Å². The van der Waals surface area contributed by atoms with Crippen LogP contribution in [-0.2, 0) is 4.74 Å². The molecule has 0 aliphatic carbocycles. The number of anilines is 2. The van der Waals surface area contributed by atoms with Gasteiger partial charge in [0.05, 0.1) is 12.4 Å². The van der Waals surface area contributed by atoms with E-state index in [0.717, 1.165) is 37.8 Å². The van der Waals surface area contributed by atoms with E-state index in [1.54, 1.807) is 12.4 Å². The first kappa shape index (κ1) is 13.1. The first-order valence-corrected chi connectivity index (χ1v) is 6.56. The van der Waals surface area contributed by atoms with Crippen molar-refractivity contribution >= 4 is 11.6 Å². The third-order valence-corrected chi connectivity index (χ3v) is 3.19. The van der Waals surface area contributed by atoms with Gasteiger partial charge >= 0.3 is 0 Å². The maximum absolute atomic E-state index is 5.47. The fourth-order valence-corrected chi connectivity index (χ4v) is 2.10. The fourth-order valence-electron chi connectivity index (χ4n) is 2.10. The van der Waals surface area contributed by atoms with Crippen molar-refractivity contribution in [1.29, 1.82) is 0 Å². The minimum Gasteiger partial charge on any atom is -0.381 e. The number of ether oxygens (including phenoxy) is 1. The standard InChI is InChI=1S/C13H22N4O/c1-17(2)13-9-14-8-12(16-13)15-6-5-11-4-3-7-18-10-11/h8-9,11H,3-7,10H2,1-2H3,(H,15,16). The summed E-state index contributed by atoms with van der Waals surface area (Å²) in [6, 6.07) is 0. The number of hydrogen-bond donors (Lipinski definition) is 1. The van der Waals surface area contributed by atoms with Crippen LogP contribution >= 0.6 is 0 Å². The monoisotopic (exact) mass is 250 g/mol. The summed E-state index contributed by atoms with van der Waals surface area (Å²) in [5.41, 5.74) is 0. The molecule has 0 amide bonds. The molecule has 2 heterocycles. The second kappa shape index (κ2) is 6.54. The molecule has 0 spiro atoms. The van der Waals surface area contributed by atoms with Gasteiger partial charge in [0.1, 0.15) is 11.6 Å². The van der Waals surface area contributed by atoms with Crippen molar-refractivity contribution in [2.45, 2.75) is 19.3 Å². The summed E-state index contributed by atoms with van der Waals surface area (Å²) < 4.78 is 5.47. The molecule has 1 aromatic rings. The molecule has 1 aromatic heterocycles. The number of rotatable bonds is 5. The van der Waals surface area contributed by atoms with E-state index in [2.05, 4.69) is 15.3 Å². The molecule has 2 rings (SSSR count). The van der Waals surface area contributed by atoms with Crippen molar-refractivity contribution in [3.63, 3.8) is 0 Å². The van der Waals surface area contributed by atoms with E-state index >= 15 is 0 Å². The van der Waals surface area contributed by atoms with Crippen LogP contribution in [0.25, 0.3) is 0 Å². The van der Waals surface area contributed by atoms with Gasteiger partial charge in [-0.25, -0.2) is 4.98 Å². The van der Waals surface area contributed by atoms with E-state index in [1.807, 2.05) is 19.0 Å². The van der Waals surface area contributed by atoms with E-state index in [4.69, 9.17) is 4.74 Å². The maximum atomic E-state index is 5.47. The summed E-state index contributed by atoms with van der Waals surface area (Å²) in [6.45, 7) is 2.77. The minimum absolute atomic E-state index is 0.691. The summed E-state index contributed by atoms with van der Waals surface area (Å²) in [4.78, 5) is 10.6. The summed E-state index contributed by atoms with van der Waals surface area (Å²) in [6.07, 6.45) is 7.14. The van der Waals surface area contributed by atoms with Gasteiger partial charge in [0, 0.05) is 33.9 Å². The normalized spacial score (nSPS) is 19.6. The summed E-state index contributed by atoms with van der Waals surface area (Å²) >= 11 is 0. The molecule has 1 aliphatic heterocycles. The van der Waals surface area contributed by atoms with Crippen molar-refractivity contribution in [2.24, 2.45) is 5.92 Å². The Morgan fingerprint density at radius 2 is 2.33 bits per heavy atom. The van der Waals surface area contributed by atoms with Crippen molar-refractivity contribution in [1.82, 2.24) is 9.97 Å². The third kappa shape index (κ3) is 3.84. The van der Waals surface area contributed by atoms with Gasteiger partial charge in [-0.2, -0.15) is 0 Å². The van der Waals surface area contributed by atoms with Crippen LogP contribution in [0.5, 0.6) is 0 Å². The lowest BCUT2D eigenvalue weighted by Gasteiger charge is -2.22. The second-order valence-electron chi connectivity index (χ2n) is 4.96. The smallest absolute Gasteiger partial charge is 0.149 e. The summed E-state index contributed by atoms with van der Waals surface area (Å²) in [7, 11) is 3.93. The average molecular weight is 250 g/mol. The molecule has 5 nitrogen and oxygen atoms in total. The maximum Gasteiger partial charge on any atom is 0.149 e. The number of nitrogens with zero attached hydrogens (tertiary/aromatic N) is 3. The first-order valence-electron chi connectivity index (χ1n) is 6.56. The highest BCUT2D eigenvalue weighted by atomic mass is 16.5. The van der Waals surface area contributed by atoms with Gasteiger partial charge in [0.2, 0.25) is 0 Å². The van der Waals surface area contributed by atoms with Crippen molar-refractivity contribution in [2.75, 3.05) is 44.1 Å². The Bertz CT molecular complexity index is 364. The largest absolute Gasteiger partial charge is 0.381 e. The van der Waals surface area contributed by atoms with Gasteiger partial charge in [-0.05, 0) is 25.2 Å². The number of nitrogens with one attached hydrogen (secondary N) is 1. The zero-order valence-electron chi connectivity index (χ0n) is 11.2. The van der Waals surface area contributed by atoms with Crippen molar-refractivity contribution < 1.29 is 4.74 Å². The molecular weight excluding hydrogens is 228 g/mol. The quantitative estimate of drug-likeness (QED) is 0.863. The Kier molecular flexibility index (Phi) is 4.75. The lowest BCUT2D eigenvalue weighted by Crippen LogP contribution is -2.20. The molecule has 0 radical (unpaired) electrons. The van der Waals surface area contributed by atoms with E-state index in [1.165, 1.54) is 12.8 Å². The highest BCUT2D eigenvalue weighted by Gasteiger charge is 2.13. The van der Waals surface area contributed by atoms with Crippen molar-refractivity contribution in [3.8, 4) is 0 Å². The van der Waals surface area contributed by atoms with E-state index in [0.29, 0.717) is 5.92 Å².